The molecule has 0 spiro atoms. The minimum Gasteiger partial charge on any atom is -0.310 e. The molecule has 0 fully saturated rings. The second kappa shape index (κ2) is 11.6. The third-order valence-electron chi connectivity index (χ3n) is 8.62. The van der Waals surface area contributed by atoms with Gasteiger partial charge in [-0.25, -0.2) is 0 Å². The van der Waals surface area contributed by atoms with Crippen molar-refractivity contribution in [3.63, 3.8) is 0 Å². The molecule has 45 heavy (non-hydrogen) atoms. The van der Waals surface area contributed by atoms with E-state index in [1.165, 1.54) is 54.9 Å². The van der Waals surface area contributed by atoms with Crippen molar-refractivity contribution >= 4 is 38.6 Å². The molecule has 0 saturated carbocycles. The van der Waals surface area contributed by atoms with Gasteiger partial charge in [-0.2, -0.15) is 0 Å². The summed E-state index contributed by atoms with van der Waals surface area (Å²) in [6, 6.07) is 67.7. The van der Waals surface area contributed by atoms with Gasteiger partial charge in [0.2, 0.25) is 0 Å². The molecule has 212 valence electrons. The van der Waals surface area contributed by atoms with Crippen molar-refractivity contribution in [2.45, 2.75) is 0 Å². The first kappa shape index (κ1) is 26.7. The molecule has 8 aromatic carbocycles. The molecule has 0 aliphatic heterocycles. The molecule has 0 radical (unpaired) electrons. The number of hydrogen-bond donors (Lipinski definition) is 0. The van der Waals surface area contributed by atoms with Gasteiger partial charge in [0, 0.05) is 17.1 Å². The van der Waals surface area contributed by atoms with E-state index in [1.54, 1.807) is 0 Å². The van der Waals surface area contributed by atoms with Gasteiger partial charge < -0.3 is 4.90 Å². The Balaban J connectivity index is 1.25. The smallest absolute Gasteiger partial charge is 0.0467 e. The SMILES string of the molecule is c1ccc(-c2cccc(N(c3ccc(-c4cccc5ccccc45)cc3)c3cccc(-c4ccc5ccccc5c4)c3)c2)cc1. The Morgan fingerprint density at radius 1 is 0.267 bits per heavy atom. The number of benzene rings is 8. The summed E-state index contributed by atoms with van der Waals surface area (Å²) in [7, 11) is 0. The zero-order valence-corrected chi connectivity index (χ0v) is 24.8. The van der Waals surface area contributed by atoms with Gasteiger partial charge >= 0.3 is 0 Å². The molecule has 0 aliphatic carbocycles. The lowest BCUT2D eigenvalue weighted by molar-refractivity contribution is 1.28. The van der Waals surface area contributed by atoms with E-state index in [2.05, 4.69) is 193 Å². The fraction of sp³-hybridized carbons (Fsp3) is 0. The molecular formula is C44H31N. The van der Waals surface area contributed by atoms with E-state index in [0.29, 0.717) is 0 Å². The van der Waals surface area contributed by atoms with Crippen LogP contribution in [0.4, 0.5) is 17.1 Å². The van der Waals surface area contributed by atoms with Gasteiger partial charge in [-0.3, -0.25) is 0 Å². The van der Waals surface area contributed by atoms with Crippen molar-refractivity contribution in [1.82, 2.24) is 0 Å². The van der Waals surface area contributed by atoms with Gasteiger partial charge in [0.25, 0.3) is 0 Å². The van der Waals surface area contributed by atoms with Crippen LogP contribution in [0.2, 0.25) is 0 Å². The summed E-state index contributed by atoms with van der Waals surface area (Å²) in [5.41, 5.74) is 10.6. The standard InChI is InChI=1S/C44H31N/c1-2-11-32(12-3-1)37-17-8-19-41(30-37)45(40-27-25-35(26-28-40)44-22-10-16-34-14-6-7-21-43(34)44)42-20-9-18-38(31-42)39-24-23-33-13-4-5-15-36(33)29-39/h1-31H. The van der Waals surface area contributed by atoms with E-state index < -0.39 is 0 Å². The molecule has 0 N–H and O–H groups in total. The van der Waals surface area contributed by atoms with Crippen molar-refractivity contribution in [1.29, 1.82) is 0 Å². The van der Waals surface area contributed by atoms with Crippen LogP contribution < -0.4 is 4.90 Å². The highest BCUT2D eigenvalue weighted by molar-refractivity contribution is 5.97. The van der Waals surface area contributed by atoms with Gasteiger partial charge in [0.15, 0.2) is 0 Å². The van der Waals surface area contributed by atoms with Gasteiger partial charge in [-0.1, -0.05) is 146 Å². The molecular weight excluding hydrogens is 542 g/mol. The predicted molar refractivity (Wildman–Crippen MR) is 192 cm³/mol. The van der Waals surface area contributed by atoms with E-state index >= 15 is 0 Å². The second-order valence-corrected chi connectivity index (χ2v) is 11.4. The fourth-order valence-electron chi connectivity index (χ4n) is 6.36. The third-order valence-corrected chi connectivity index (χ3v) is 8.62. The Bertz CT molecular complexity index is 2260. The number of fused-ring (bicyclic) bond motifs is 2. The van der Waals surface area contributed by atoms with Crippen LogP contribution in [0.15, 0.2) is 188 Å². The van der Waals surface area contributed by atoms with Crippen molar-refractivity contribution in [3.05, 3.63) is 188 Å². The number of hydrogen-bond acceptors (Lipinski definition) is 1. The molecule has 8 aromatic rings. The summed E-state index contributed by atoms with van der Waals surface area (Å²) in [5, 5.41) is 5.02. The van der Waals surface area contributed by atoms with Gasteiger partial charge in [0.05, 0.1) is 0 Å². The molecule has 0 aliphatic rings. The Hall–Kier alpha value is -5.92. The van der Waals surface area contributed by atoms with Gasteiger partial charge in [-0.15, -0.1) is 0 Å². The molecule has 0 bridgehead atoms. The van der Waals surface area contributed by atoms with Crippen LogP contribution in [0.25, 0.3) is 54.9 Å². The lowest BCUT2D eigenvalue weighted by Crippen LogP contribution is -2.10. The summed E-state index contributed by atoms with van der Waals surface area (Å²) in [4.78, 5) is 2.36. The summed E-state index contributed by atoms with van der Waals surface area (Å²) >= 11 is 0. The highest BCUT2D eigenvalue weighted by Gasteiger charge is 2.15. The fourth-order valence-corrected chi connectivity index (χ4v) is 6.36. The molecule has 0 aromatic heterocycles. The number of rotatable bonds is 6. The molecule has 1 nitrogen and oxygen atoms in total. The molecule has 0 heterocycles. The second-order valence-electron chi connectivity index (χ2n) is 11.4. The average molecular weight is 574 g/mol. The van der Waals surface area contributed by atoms with E-state index in [1.807, 2.05) is 0 Å². The summed E-state index contributed by atoms with van der Waals surface area (Å²) in [5.74, 6) is 0. The van der Waals surface area contributed by atoms with Gasteiger partial charge in [-0.05, 0) is 97.4 Å². The van der Waals surface area contributed by atoms with Crippen LogP contribution in [-0.4, -0.2) is 0 Å². The maximum Gasteiger partial charge on any atom is 0.0467 e. The molecule has 0 saturated heterocycles. The Labute approximate surface area is 264 Å². The van der Waals surface area contributed by atoms with Crippen LogP contribution in [0.1, 0.15) is 0 Å². The molecule has 0 unspecified atom stereocenters. The Kier molecular flexibility index (Phi) is 6.90. The topological polar surface area (TPSA) is 3.24 Å². The van der Waals surface area contributed by atoms with E-state index in [0.717, 1.165) is 17.1 Å². The normalized spacial score (nSPS) is 11.1. The summed E-state index contributed by atoms with van der Waals surface area (Å²) in [6.45, 7) is 0. The zero-order chi connectivity index (χ0) is 30.0. The van der Waals surface area contributed by atoms with Crippen LogP contribution in [0.5, 0.6) is 0 Å². The first-order valence-corrected chi connectivity index (χ1v) is 15.4. The predicted octanol–water partition coefficient (Wildman–Crippen LogP) is 12.5. The highest BCUT2D eigenvalue weighted by Crippen LogP contribution is 2.39. The lowest BCUT2D eigenvalue weighted by atomic mass is 9.97. The molecule has 8 rings (SSSR count). The number of nitrogens with zero attached hydrogens (tertiary/aromatic N) is 1. The Morgan fingerprint density at radius 3 is 1.56 bits per heavy atom. The third kappa shape index (κ3) is 5.26. The summed E-state index contributed by atoms with van der Waals surface area (Å²) in [6.07, 6.45) is 0. The zero-order valence-electron chi connectivity index (χ0n) is 24.8. The van der Waals surface area contributed by atoms with Crippen molar-refractivity contribution in [2.24, 2.45) is 0 Å². The maximum absolute atomic E-state index is 2.36. The van der Waals surface area contributed by atoms with Crippen molar-refractivity contribution in [2.75, 3.05) is 4.90 Å². The van der Waals surface area contributed by atoms with E-state index in [9.17, 15) is 0 Å². The average Bonchev–Trinajstić information content (AvgIpc) is 3.12. The summed E-state index contributed by atoms with van der Waals surface area (Å²) < 4.78 is 0. The van der Waals surface area contributed by atoms with Crippen LogP contribution >= 0.6 is 0 Å². The minimum absolute atomic E-state index is 1.11. The number of anilines is 3. The molecule has 1 heteroatoms. The Morgan fingerprint density at radius 2 is 0.800 bits per heavy atom. The maximum atomic E-state index is 2.36. The largest absolute Gasteiger partial charge is 0.310 e. The highest BCUT2D eigenvalue weighted by atomic mass is 15.1. The van der Waals surface area contributed by atoms with E-state index in [-0.39, 0.29) is 0 Å². The van der Waals surface area contributed by atoms with Gasteiger partial charge in [0.1, 0.15) is 0 Å². The first-order valence-electron chi connectivity index (χ1n) is 15.4. The van der Waals surface area contributed by atoms with Crippen LogP contribution in [0, 0.1) is 0 Å². The molecule has 0 atom stereocenters. The minimum atomic E-state index is 1.11. The van der Waals surface area contributed by atoms with Crippen LogP contribution in [0.3, 0.4) is 0 Å². The monoisotopic (exact) mass is 573 g/mol. The lowest BCUT2D eigenvalue weighted by Gasteiger charge is -2.27. The van der Waals surface area contributed by atoms with Crippen molar-refractivity contribution < 1.29 is 0 Å². The van der Waals surface area contributed by atoms with Crippen LogP contribution in [-0.2, 0) is 0 Å². The first-order chi connectivity index (χ1) is 22.3. The molecule has 0 amide bonds. The van der Waals surface area contributed by atoms with Crippen molar-refractivity contribution in [3.8, 4) is 33.4 Å². The van der Waals surface area contributed by atoms with E-state index in [4.69, 9.17) is 0 Å². The quantitative estimate of drug-likeness (QED) is 0.191.